The van der Waals surface area contributed by atoms with Crippen molar-refractivity contribution in [2.24, 2.45) is 0 Å². The van der Waals surface area contributed by atoms with Gasteiger partial charge in [-0.3, -0.25) is 19.8 Å². The van der Waals surface area contributed by atoms with E-state index in [4.69, 9.17) is 15.2 Å². The number of aldehydes is 2. The van der Waals surface area contributed by atoms with Gasteiger partial charge in [0.05, 0.1) is 24.4 Å². The number of hydrogen-bond acceptors (Lipinski definition) is 11. The van der Waals surface area contributed by atoms with Crippen LogP contribution >= 0.6 is 0 Å². The van der Waals surface area contributed by atoms with Gasteiger partial charge in [0.15, 0.2) is 0 Å². The van der Waals surface area contributed by atoms with Crippen LogP contribution in [0.3, 0.4) is 0 Å². The Kier molecular flexibility index (Phi) is 7.93. The lowest BCUT2D eigenvalue weighted by Gasteiger charge is -2.23. The Balaban J connectivity index is 1.27. The summed E-state index contributed by atoms with van der Waals surface area (Å²) >= 11 is 0. The molecule has 2 unspecified atom stereocenters. The monoisotopic (exact) mass is 572 g/mol. The third kappa shape index (κ3) is 5.95. The van der Waals surface area contributed by atoms with E-state index in [1.807, 2.05) is 6.07 Å². The number of esters is 1. The molecule has 1 fully saturated rings. The lowest BCUT2D eigenvalue weighted by Crippen LogP contribution is -2.33. The van der Waals surface area contributed by atoms with E-state index in [-0.39, 0.29) is 36.5 Å². The summed E-state index contributed by atoms with van der Waals surface area (Å²) in [7, 11) is 0. The minimum atomic E-state index is -1.23. The van der Waals surface area contributed by atoms with Crippen LogP contribution in [0.15, 0.2) is 48.5 Å². The summed E-state index contributed by atoms with van der Waals surface area (Å²) in [6.45, 7) is 1.98. The number of rotatable bonds is 11. The first kappa shape index (κ1) is 28.4. The average Bonchev–Trinajstić information content (AvgIpc) is 3.71. The molecule has 2 atom stereocenters. The minimum Gasteiger partial charge on any atom is -0.478 e. The predicted octanol–water partition coefficient (Wildman–Crippen LogP) is 1.19. The van der Waals surface area contributed by atoms with Crippen molar-refractivity contribution in [2.75, 3.05) is 23.8 Å². The Morgan fingerprint density at radius 1 is 1.14 bits per heavy atom. The molecule has 0 aliphatic carbocycles. The summed E-state index contributed by atoms with van der Waals surface area (Å²) in [5.41, 5.74) is 7.25. The zero-order chi connectivity index (χ0) is 29.9. The van der Waals surface area contributed by atoms with Crippen molar-refractivity contribution in [2.45, 2.75) is 37.8 Å². The van der Waals surface area contributed by atoms with Crippen molar-refractivity contribution in [3.63, 3.8) is 0 Å². The van der Waals surface area contributed by atoms with Gasteiger partial charge in [0.25, 0.3) is 11.8 Å². The van der Waals surface area contributed by atoms with Crippen LogP contribution in [0.25, 0.3) is 0 Å². The molecule has 3 heterocycles. The smallest absolute Gasteiger partial charge is 0.330 e. The largest absolute Gasteiger partial charge is 0.478 e. The van der Waals surface area contributed by atoms with Crippen molar-refractivity contribution in [1.82, 2.24) is 20.6 Å². The fraction of sp³-hybridized carbons (Fsp3) is 0.276. The first-order chi connectivity index (χ1) is 20.2. The maximum atomic E-state index is 13.0. The van der Waals surface area contributed by atoms with E-state index < -0.39 is 17.6 Å². The van der Waals surface area contributed by atoms with Crippen LogP contribution in [0, 0.1) is 6.92 Å². The summed E-state index contributed by atoms with van der Waals surface area (Å²) in [5, 5.41) is 5.34. The van der Waals surface area contributed by atoms with E-state index >= 15 is 0 Å². The van der Waals surface area contributed by atoms with Gasteiger partial charge in [0, 0.05) is 23.9 Å². The second-order valence-electron chi connectivity index (χ2n) is 9.94. The number of benzene rings is 2. The lowest BCUT2D eigenvalue weighted by atomic mass is 10.0. The van der Waals surface area contributed by atoms with E-state index in [0.717, 1.165) is 5.56 Å². The van der Waals surface area contributed by atoms with Crippen molar-refractivity contribution in [1.29, 1.82) is 0 Å². The van der Waals surface area contributed by atoms with Gasteiger partial charge in [0.2, 0.25) is 11.8 Å². The van der Waals surface area contributed by atoms with Crippen LogP contribution in [0.4, 0.5) is 17.3 Å². The average molecular weight is 573 g/mol. The van der Waals surface area contributed by atoms with E-state index in [1.54, 1.807) is 37.3 Å². The van der Waals surface area contributed by atoms with Gasteiger partial charge in [-0.05, 0) is 61.7 Å². The summed E-state index contributed by atoms with van der Waals surface area (Å²) in [4.78, 5) is 70.0. The molecular formula is C29H28N6O7. The first-order valence-corrected chi connectivity index (χ1v) is 13.2. The van der Waals surface area contributed by atoms with E-state index in [9.17, 15) is 24.0 Å². The Labute approximate surface area is 240 Å². The zero-order valence-corrected chi connectivity index (χ0v) is 22.7. The number of hydrogen-bond donors (Lipinski definition) is 3. The molecule has 42 heavy (non-hydrogen) atoms. The van der Waals surface area contributed by atoms with Crippen LogP contribution < -0.4 is 30.7 Å². The Bertz CT molecular complexity index is 1540. The highest BCUT2D eigenvalue weighted by Gasteiger charge is 2.59. The zero-order valence-electron chi connectivity index (χ0n) is 22.7. The number of fused-ring (bicyclic) bond motifs is 1. The number of aryl methyl sites for hydroxylation is 2. The van der Waals surface area contributed by atoms with Crippen LogP contribution in [-0.4, -0.2) is 65.1 Å². The number of aromatic nitrogens is 2. The standard InChI is InChI=1S/C29H28N6O7/c1-17-13-23(33-28(30)32-17)41-12-2-3-18-4-9-22-21(14-18)26(39)31-15-24(38)35(22)19-5-7-20(8-6-19)42-27(40)25-29(16-37,34-25)10-11-36/h4-9,11,13-14,16,25,34H,2-3,10,12,15H2,1H3,(H,31,39)(H2,30,32,33). The Hall–Kier alpha value is -5.17. The summed E-state index contributed by atoms with van der Waals surface area (Å²) in [6.07, 6.45) is 2.22. The van der Waals surface area contributed by atoms with Crippen LogP contribution in [0.1, 0.15) is 34.5 Å². The molecule has 4 N–H and O–H groups in total. The second kappa shape index (κ2) is 11.7. The van der Waals surface area contributed by atoms with Gasteiger partial charge in [-0.2, -0.15) is 4.98 Å². The van der Waals surface area contributed by atoms with Gasteiger partial charge in [-0.15, -0.1) is 0 Å². The van der Waals surface area contributed by atoms with Gasteiger partial charge in [-0.1, -0.05) is 6.07 Å². The number of carbonyl (C=O) groups is 5. The number of nitrogens with two attached hydrogens (primary N) is 1. The lowest BCUT2D eigenvalue weighted by molar-refractivity contribution is -0.134. The molecule has 13 nitrogen and oxygen atoms in total. The maximum Gasteiger partial charge on any atom is 0.330 e. The highest BCUT2D eigenvalue weighted by atomic mass is 16.5. The topological polar surface area (TPSA) is 193 Å². The number of nitrogen functional groups attached to an aromatic ring is 1. The van der Waals surface area contributed by atoms with Crippen molar-refractivity contribution < 1.29 is 33.4 Å². The predicted molar refractivity (Wildman–Crippen MR) is 149 cm³/mol. The molecule has 1 aromatic heterocycles. The molecule has 216 valence electrons. The molecule has 0 spiro atoms. The molecule has 2 amide bonds. The molecule has 2 aliphatic rings. The van der Waals surface area contributed by atoms with Gasteiger partial charge < -0.3 is 30.1 Å². The third-order valence-corrected chi connectivity index (χ3v) is 6.93. The third-order valence-electron chi connectivity index (χ3n) is 6.93. The van der Waals surface area contributed by atoms with Gasteiger partial charge in [0.1, 0.15) is 29.9 Å². The summed E-state index contributed by atoms with van der Waals surface area (Å²) in [6, 6.07) is 12.3. The number of anilines is 3. The van der Waals surface area contributed by atoms with Crippen molar-refractivity contribution >= 4 is 47.7 Å². The highest BCUT2D eigenvalue weighted by Crippen LogP contribution is 2.33. The summed E-state index contributed by atoms with van der Waals surface area (Å²) in [5.74, 6) is -0.688. The van der Waals surface area contributed by atoms with Crippen LogP contribution in [-0.2, 0) is 25.6 Å². The molecule has 0 saturated carbocycles. The molecule has 13 heteroatoms. The van der Waals surface area contributed by atoms with Gasteiger partial charge in [-0.25, -0.2) is 9.78 Å². The van der Waals surface area contributed by atoms with Crippen LogP contribution in [0.5, 0.6) is 11.6 Å². The van der Waals surface area contributed by atoms with E-state index in [1.165, 1.54) is 17.0 Å². The number of carbonyl (C=O) groups excluding carboxylic acids is 5. The Morgan fingerprint density at radius 3 is 2.64 bits per heavy atom. The number of nitrogens with one attached hydrogen (secondary N) is 2. The minimum absolute atomic E-state index is 0.133. The molecule has 3 aromatic rings. The fourth-order valence-electron chi connectivity index (χ4n) is 4.75. The number of nitrogens with zero attached hydrogens (tertiary/aromatic N) is 3. The normalized spacial score (nSPS) is 19.3. The molecule has 2 aromatic carbocycles. The second-order valence-corrected chi connectivity index (χ2v) is 9.94. The SMILES string of the molecule is Cc1cc(OCCCc2ccc3c(c2)C(=O)NCC(=O)N3c2ccc(OC(=O)C3NC3(C=O)CC=O)cc2)nc(N)n1. The van der Waals surface area contributed by atoms with Crippen molar-refractivity contribution in [3.8, 4) is 11.6 Å². The van der Waals surface area contributed by atoms with Crippen molar-refractivity contribution in [3.05, 3.63) is 65.4 Å². The van der Waals surface area contributed by atoms with E-state index in [0.29, 0.717) is 60.5 Å². The molecular weight excluding hydrogens is 544 g/mol. The summed E-state index contributed by atoms with van der Waals surface area (Å²) < 4.78 is 11.0. The fourth-order valence-corrected chi connectivity index (χ4v) is 4.75. The van der Waals surface area contributed by atoms with Gasteiger partial charge >= 0.3 is 5.97 Å². The number of amides is 2. The maximum absolute atomic E-state index is 13.0. The number of ether oxygens (including phenoxy) is 2. The molecule has 0 bridgehead atoms. The molecule has 0 radical (unpaired) electrons. The first-order valence-electron chi connectivity index (χ1n) is 13.2. The highest BCUT2D eigenvalue weighted by molar-refractivity contribution is 6.13. The Morgan fingerprint density at radius 2 is 1.93 bits per heavy atom. The molecule has 2 aliphatic heterocycles. The van der Waals surface area contributed by atoms with Crippen LogP contribution in [0.2, 0.25) is 0 Å². The molecule has 1 saturated heterocycles. The van der Waals surface area contributed by atoms with E-state index in [2.05, 4.69) is 20.6 Å². The molecule has 5 rings (SSSR count). The quantitative estimate of drug-likeness (QED) is 0.0982.